The molecule has 2 nitrogen and oxygen atoms in total. The molecule has 1 rings (SSSR count). The average Bonchev–Trinajstić information content (AvgIpc) is 2.14. The smallest absolute Gasteiger partial charge is 0.141 e. The second-order valence-electron chi connectivity index (χ2n) is 2.96. The van der Waals surface area contributed by atoms with Gasteiger partial charge in [-0.05, 0) is 24.6 Å². The Balaban J connectivity index is 2.78. The van der Waals surface area contributed by atoms with Gasteiger partial charge in [0.15, 0.2) is 0 Å². The van der Waals surface area contributed by atoms with Crippen molar-refractivity contribution in [2.24, 2.45) is 0 Å². The molecular formula is C10H15FN2. The summed E-state index contributed by atoms with van der Waals surface area (Å²) in [4.78, 5) is 3.82. The van der Waals surface area contributed by atoms with Gasteiger partial charge in [0.2, 0.25) is 0 Å². The molecule has 1 N–H and O–H groups in total. The Bertz CT molecular complexity index is 263. The van der Waals surface area contributed by atoms with Gasteiger partial charge in [-0.25, -0.2) is 4.39 Å². The molecule has 0 saturated carbocycles. The third kappa shape index (κ3) is 2.77. The number of aromatic nitrogens is 1. The number of hydrogen-bond donors (Lipinski definition) is 1. The molecule has 1 unspecified atom stereocenters. The van der Waals surface area contributed by atoms with Crippen LogP contribution in [0.4, 0.5) is 4.39 Å². The highest BCUT2D eigenvalue weighted by Gasteiger charge is 2.07. The summed E-state index contributed by atoms with van der Waals surface area (Å²) in [5, 5.41) is 3.27. The fourth-order valence-electron chi connectivity index (χ4n) is 1.36. The van der Waals surface area contributed by atoms with Crippen molar-refractivity contribution in [1.82, 2.24) is 10.3 Å². The molecule has 1 aromatic rings. The van der Waals surface area contributed by atoms with E-state index >= 15 is 0 Å². The van der Waals surface area contributed by atoms with Crippen LogP contribution in [-0.4, -0.2) is 11.5 Å². The average molecular weight is 182 g/mol. The second kappa shape index (κ2) is 4.92. The van der Waals surface area contributed by atoms with Crippen molar-refractivity contribution in [2.75, 3.05) is 6.54 Å². The van der Waals surface area contributed by atoms with Crippen LogP contribution in [0.5, 0.6) is 0 Å². The largest absolute Gasteiger partial charge is 0.310 e. The van der Waals surface area contributed by atoms with Crippen molar-refractivity contribution < 1.29 is 4.39 Å². The highest BCUT2D eigenvalue weighted by Crippen LogP contribution is 2.15. The van der Waals surface area contributed by atoms with Crippen LogP contribution >= 0.6 is 0 Å². The van der Waals surface area contributed by atoms with Gasteiger partial charge in [0, 0.05) is 12.2 Å². The Morgan fingerprint density at radius 1 is 1.46 bits per heavy atom. The van der Waals surface area contributed by atoms with Gasteiger partial charge in [0.05, 0.1) is 6.20 Å². The maximum atomic E-state index is 12.8. The maximum Gasteiger partial charge on any atom is 0.141 e. The lowest BCUT2D eigenvalue weighted by molar-refractivity contribution is 0.528. The van der Waals surface area contributed by atoms with E-state index < -0.39 is 0 Å². The molecule has 0 aromatic carbocycles. The van der Waals surface area contributed by atoms with Gasteiger partial charge < -0.3 is 5.32 Å². The molecule has 0 bridgehead atoms. The SMILES string of the molecule is CCNC(CC)c1cncc(F)c1. The van der Waals surface area contributed by atoms with Gasteiger partial charge in [-0.1, -0.05) is 13.8 Å². The molecule has 0 aliphatic rings. The molecule has 0 amide bonds. The molecule has 0 aliphatic carbocycles. The Kier molecular flexibility index (Phi) is 3.83. The summed E-state index contributed by atoms with van der Waals surface area (Å²) in [6.45, 7) is 4.99. The topological polar surface area (TPSA) is 24.9 Å². The first kappa shape index (κ1) is 10.1. The second-order valence-corrected chi connectivity index (χ2v) is 2.96. The van der Waals surface area contributed by atoms with E-state index in [1.54, 1.807) is 6.20 Å². The van der Waals surface area contributed by atoms with Gasteiger partial charge in [-0.3, -0.25) is 4.98 Å². The van der Waals surface area contributed by atoms with Crippen LogP contribution < -0.4 is 5.32 Å². The van der Waals surface area contributed by atoms with Crippen LogP contribution in [0.25, 0.3) is 0 Å². The highest BCUT2D eigenvalue weighted by atomic mass is 19.1. The summed E-state index contributed by atoms with van der Waals surface area (Å²) in [5.74, 6) is -0.270. The van der Waals surface area contributed by atoms with Crippen LogP contribution in [0.2, 0.25) is 0 Å². The molecule has 0 spiro atoms. The normalized spacial score (nSPS) is 12.8. The summed E-state index contributed by atoms with van der Waals surface area (Å²) in [6.07, 6.45) is 3.88. The number of nitrogens with one attached hydrogen (secondary N) is 1. The van der Waals surface area contributed by atoms with E-state index in [-0.39, 0.29) is 11.9 Å². The van der Waals surface area contributed by atoms with Crippen LogP contribution in [-0.2, 0) is 0 Å². The van der Waals surface area contributed by atoms with E-state index in [9.17, 15) is 4.39 Å². The molecule has 13 heavy (non-hydrogen) atoms. The van der Waals surface area contributed by atoms with E-state index in [1.165, 1.54) is 12.3 Å². The van der Waals surface area contributed by atoms with Gasteiger partial charge in [-0.15, -0.1) is 0 Å². The minimum Gasteiger partial charge on any atom is -0.310 e. The first-order chi connectivity index (χ1) is 6.27. The molecule has 3 heteroatoms. The lowest BCUT2D eigenvalue weighted by atomic mass is 10.1. The van der Waals surface area contributed by atoms with E-state index in [2.05, 4.69) is 17.2 Å². The van der Waals surface area contributed by atoms with Crippen LogP contribution in [0.1, 0.15) is 31.9 Å². The van der Waals surface area contributed by atoms with E-state index in [0.29, 0.717) is 0 Å². The zero-order valence-electron chi connectivity index (χ0n) is 8.05. The number of pyridine rings is 1. The fraction of sp³-hybridized carbons (Fsp3) is 0.500. The highest BCUT2D eigenvalue weighted by molar-refractivity contribution is 5.14. The molecule has 1 heterocycles. The lowest BCUT2D eigenvalue weighted by Gasteiger charge is -2.15. The number of hydrogen-bond acceptors (Lipinski definition) is 2. The van der Waals surface area contributed by atoms with Gasteiger partial charge in [0.1, 0.15) is 5.82 Å². The monoisotopic (exact) mass is 182 g/mol. The Labute approximate surface area is 78.2 Å². The number of rotatable bonds is 4. The predicted molar refractivity (Wildman–Crippen MR) is 50.9 cm³/mol. The lowest BCUT2D eigenvalue weighted by Crippen LogP contribution is -2.20. The minimum absolute atomic E-state index is 0.216. The molecule has 1 atom stereocenters. The quantitative estimate of drug-likeness (QED) is 0.772. The third-order valence-electron chi connectivity index (χ3n) is 1.99. The summed E-state index contributed by atoms with van der Waals surface area (Å²) in [5.41, 5.74) is 0.921. The zero-order chi connectivity index (χ0) is 9.68. The molecule has 0 fully saturated rings. The van der Waals surface area contributed by atoms with Crippen molar-refractivity contribution in [1.29, 1.82) is 0 Å². The summed E-state index contributed by atoms with van der Waals surface area (Å²) >= 11 is 0. The Hall–Kier alpha value is -0.960. The van der Waals surface area contributed by atoms with Gasteiger partial charge in [0.25, 0.3) is 0 Å². The summed E-state index contributed by atoms with van der Waals surface area (Å²) in [6, 6.07) is 1.75. The van der Waals surface area contributed by atoms with Crippen LogP contribution in [0.15, 0.2) is 18.5 Å². The molecule has 72 valence electrons. The van der Waals surface area contributed by atoms with Crippen molar-refractivity contribution in [3.8, 4) is 0 Å². The van der Waals surface area contributed by atoms with Gasteiger partial charge in [-0.2, -0.15) is 0 Å². The molecule has 0 aliphatic heterocycles. The number of halogens is 1. The molecule has 0 saturated heterocycles. The predicted octanol–water partition coefficient (Wildman–Crippen LogP) is 2.28. The third-order valence-corrected chi connectivity index (χ3v) is 1.99. The summed E-state index contributed by atoms with van der Waals surface area (Å²) in [7, 11) is 0. The Morgan fingerprint density at radius 2 is 2.23 bits per heavy atom. The van der Waals surface area contributed by atoms with Crippen LogP contribution in [0.3, 0.4) is 0 Å². The number of nitrogens with zero attached hydrogens (tertiary/aromatic N) is 1. The minimum atomic E-state index is -0.270. The first-order valence-corrected chi connectivity index (χ1v) is 4.61. The Morgan fingerprint density at radius 3 is 2.77 bits per heavy atom. The zero-order valence-corrected chi connectivity index (χ0v) is 8.05. The van der Waals surface area contributed by atoms with Crippen molar-refractivity contribution >= 4 is 0 Å². The van der Waals surface area contributed by atoms with Crippen LogP contribution in [0, 0.1) is 5.82 Å². The maximum absolute atomic E-state index is 12.8. The fourth-order valence-corrected chi connectivity index (χ4v) is 1.36. The molecular weight excluding hydrogens is 167 g/mol. The van der Waals surface area contributed by atoms with Crippen molar-refractivity contribution in [3.63, 3.8) is 0 Å². The summed E-state index contributed by atoms with van der Waals surface area (Å²) < 4.78 is 12.8. The first-order valence-electron chi connectivity index (χ1n) is 4.61. The van der Waals surface area contributed by atoms with Crippen molar-refractivity contribution in [2.45, 2.75) is 26.3 Å². The molecule has 1 aromatic heterocycles. The van der Waals surface area contributed by atoms with E-state index in [1.807, 2.05) is 6.92 Å². The van der Waals surface area contributed by atoms with E-state index in [0.717, 1.165) is 18.5 Å². The van der Waals surface area contributed by atoms with E-state index in [4.69, 9.17) is 0 Å². The van der Waals surface area contributed by atoms with Crippen molar-refractivity contribution in [3.05, 3.63) is 29.8 Å². The molecule has 0 radical (unpaired) electrons. The standard InChI is InChI=1S/C10H15FN2/c1-3-10(13-4-2)8-5-9(11)7-12-6-8/h5-7,10,13H,3-4H2,1-2H3. The van der Waals surface area contributed by atoms with Gasteiger partial charge >= 0.3 is 0 Å².